The maximum atomic E-state index is 12.5. The topological polar surface area (TPSA) is 41.6 Å². The quantitative estimate of drug-likeness (QED) is 0.859. The first kappa shape index (κ1) is 19.0. The van der Waals surface area contributed by atoms with Gasteiger partial charge in [0.15, 0.2) is 0 Å². The molecule has 0 radical (unpaired) electrons. The number of fused-ring (bicyclic) bond motifs is 1. The van der Waals surface area contributed by atoms with Crippen molar-refractivity contribution in [1.29, 1.82) is 0 Å². The summed E-state index contributed by atoms with van der Waals surface area (Å²) in [5.74, 6) is 0.0390. The third-order valence-corrected chi connectivity index (χ3v) is 5.71. The van der Waals surface area contributed by atoms with Gasteiger partial charge < -0.3 is 15.0 Å². The summed E-state index contributed by atoms with van der Waals surface area (Å²) in [6.45, 7) is 6.01. The molecule has 2 atom stereocenters. The average molecular weight is 379 g/mol. The van der Waals surface area contributed by atoms with Crippen LogP contribution >= 0.6 is 0 Å². The molecule has 2 unspecified atom stereocenters. The lowest BCUT2D eigenvalue weighted by Gasteiger charge is -2.36. The molecule has 0 aromatic heterocycles. The van der Waals surface area contributed by atoms with Crippen LogP contribution in [0, 0.1) is 0 Å². The zero-order valence-electron chi connectivity index (χ0n) is 16.9. The van der Waals surface area contributed by atoms with Crippen LogP contribution in [0.2, 0.25) is 0 Å². The first-order valence-corrected chi connectivity index (χ1v) is 10.5. The summed E-state index contributed by atoms with van der Waals surface area (Å²) < 4.78 is 5.81. The second kappa shape index (κ2) is 8.36. The molecule has 1 fully saturated rings. The zero-order valence-corrected chi connectivity index (χ0v) is 16.9. The van der Waals surface area contributed by atoms with Crippen molar-refractivity contribution in [2.45, 2.75) is 58.2 Å². The highest BCUT2D eigenvalue weighted by Gasteiger charge is 2.22. The molecule has 1 heterocycles. The van der Waals surface area contributed by atoms with E-state index in [1.807, 2.05) is 12.1 Å². The Morgan fingerprint density at radius 2 is 1.68 bits per heavy atom. The van der Waals surface area contributed by atoms with Gasteiger partial charge in [-0.05, 0) is 80.5 Å². The van der Waals surface area contributed by atoms with E-state index in [0.717, 1.165) is 30.8 Å². The molecule has 2 aliphatic rings. The Labute approximate surface area is 167 Å². The Balaban J connectivity index is 1.36. The Kier molecular flexibility index (Phi) is 5.67. The number of anilines is 2. The molecule has 0 spiro atoms. The molecule has 28 heavy (non-hydrogen) atoms. The van der Waals surface area contributed by atoms with Crippen molar-refractivity contribution >= 4 is 17.3 Å². The van der Waals surface area contributed by atoms with Gasteiger partial charge in [-0.2, -0.15) is 0 Å². The van der Waals surface area contributed by atoms with E-state index in [9.17, 15) is 4.79 Å². The molecule has 2 aromatic carbocycles. The van der Waals surface area contributed by atoms with E-state index in [-0.39, 0.29) is 18.1 Å². The number of nitrogens with one attached hydrogen (secondary N) is 1. The van der Waals surface area contributed by atoms with Gasteiger partial charge in [0.25, 0.3) is 0 Å². The molecule has 2 aromatic rings. The van der Waals surface area contributed by atoms with Crippen LogP contribution in [0.5, 0.6) is 0 Å². The normalized spacial score (nSPS) is 21.9. The Bertz CT molecular complexity index is 821. The first-order chi connectivity index (χ1) is 13.6. The molecule has 1 aliphatic carbocycles. The van der Waals surface area contributed by atoms with Crippen LogP contribution in [0.3, 0.4) is 0 Å². The van der Waals surface area contributed by atoms with Crippen LogP contribution in [0.15, 0.2) is 42.5 Å². The van der Waals surface area contributed by atoms with E-state index in [0.29, 0.717) is 6.42 Å². The van der Waals surface area contributed by atoms with Crippen LogP contribution in [-0.2, 0) is 28.8 Å². The lowest BCUT2D eigenvalue weighted by molar-refractivity contribution is -0.115. The predicted molar refractivity (Wildman–Crippen MR) is 114 cm³/mol. The van der Waals surface area contributed by atoms with Crippen LogP contribution in [0.25, 0.3) is 0 Å². The minimum atomic E-state index is 0.0390. The summed E-state index contributed by atoms with van der Waals surface area (Å²) in [5, 5.41) is 3.04. The molecule has 0 bridgehead atoms. The fraction of sp³-hybridized carbons (Fsp3) is 0.458. The minimum Gasteiger partial charge on any atom is -0.372 e. The second-order valence-corrected chi connectivity index (χ2v) is 8.24. The molecule has 148 valence electrons. The maximum absolute atomic E-state index is 12.5. The second-order valence-electron chi connectivity index (χ2n) is 8.24. The van der Waals surface area contributed by atoms with Crippen molar-refractivity contribution in [2.24, 2.45) is 0 Å². The minimum absolute atomic E-state index is 0.0390. The molecule has 4 rings (SSSR count). The number of rotatable bonds is 4. The number of hydrogen-bond acceptors (Lipinski definition) is 3. The number of aryl methyl sites for hydroxylation is 2. The molecule has 1 N–H and O–H groups in total. The number of hydrogen-bond donors (Lipinski definition) is 1. The van der Waals surface area contributed by atoms with Gasteiger partial charge in [-0.1, -0.05) is 18.2 Å². The average Bonchev–Trinajstić information content (AvgIpc) is 2.67. The number of amides is 1. The summed E-state index contributed by atoms with van der Waals surface area (Å²) >= 11 is 0. The van der Waals surface area contributed by atoms with Crippen LogP contribution in [0.1, 0.15) is 43.4 Å². The molecular weight excluding hydrogens is 348 g/mol. The van der Waals surface area contributed by atoms with Crippen molar-refractivity contribution < 1.29 is 9.53 Å². The van der Waals surface area contributed by atoms with Gasteiger partial charge in [-0.15, -0.1) is 0 Å². The molecule has 4 heteroatoms. The number of morpholine rings is 1. The largest absolute Gasteiger partial charge is 0.372 e. The molecule has 1 saturated heterocycles. The van der Waals surface area contributed by atoms with Gasteiger partial charge in [0.05, 0.1) is 18.6 Å². The highest BCUT2D eigenvalue weighted by molar-refractivity contribution is 5.92. The van der Waals surface area contributed by atoms with Crippen LogP contribution < -0.4 is 10.2 Å². The Morgan fingerprint density at radius 3 is 2.39 bits per heavy atom. The first-order valence-electron chi connectivity index (χ1n) is 10.5. The van der Waals surface area contributed by atoms with Crippen LogP contribution in [-0.4, -0.2) is 31.2 Å². The molecule has 1 aliphatic heterocycles. The fourth-order valence-electron chi connectivity index (χ4n) is 4.43. The van der Waals surface area contributed by atoms with Gasteiger partial charge in [0, 0.05) is 24.5 Å². The Morgan fingerprint density at radius 1 is 1.00 bits per heavy atom. The summed E-state index contributed by atoms with van der Waals surface area (Å²) in [7, 11) is 0. The highest BCUT2D eigenvalue weighted by atomic mass is 16.5. The van der Waals surface area contributed by atoms with Gasteiger partial charge in [-0.3, -0.25) is 4.79 Å². The van der Waals surface area contributed by atoms with Gasteiger partial charge in [0.2, 0.25) is 5.91 Å². The number of nitrogens with zero attached hydrogens (tertiary/aromatic N) is 1. The van der Waals surface area contributed by atoms with E-state index < -0.39 is 0 Å². The van der Waals surface area contributed by atoms with E-state index in [1.54, 1.807) is 0 Å². The van der Waals surface area contributed by atoms with Gasteiger partial charge in [-0.25, -0.2) is 0 Å². The van der Waals surface area contributed by atoms with Crippen LogP contribution in [0.4, 0.5) is 11.4 Å². The molecule has 4 nitrogen and oxygen atoms in total. The lowest BCUT2D eigenvalue weighted by Crippen LogP contribution is -2.45. The van der Waals surface area contributed by atoms with E-state index in [1.165, 1.54) is 36.1 Å². The SMILES string of the molecule is CC1CN(c2ccc(NC(=O)Cc3ccc4c(c3)CCCC4)cc2)CC(C)O1. The van der Waals surface area contributed by atoms with Crippen molar-refractivity contribution in [3.8, 4) is 0 Å². The van der Waals surface area contributed by atoms with E-state index >= 15 is 0 Å². The number of carbonyl (C=O) groups excluding carboxylic acids is 1. The summed E-state index contributed by atoms with van der Waals surface area (Å²) in [6, 6.07) is 14.7. The fourth-order valence-corrected chi connectivity index (χ4v) is 4.43. The number of ether oxygens (including phenoxy) is 1. The third-order valence-electron chi connectivity index (χ3n) is 5.71. The Hall–Kier alpha value is -2.33. The molecular formula is C24H30N2O2. The maximum Gasteiger partial charge on any atom is 0.228 e. The lowest BCUT2D eigenvalue weighted by atomic mass is 9.90. The third kappa shape index (κ3) is 4.56. The summed E-state index contributed by atoms with van der Waals surface area (Å²) in [5.41, 5.74) is 6.01. The van der Waals surface area contributed by atoms with Crippen molar-refractivity contribution in [1.82, 2.24) is 0 Å². The predicted octanol–water partition coefficient (Wildman–Crippen LogP) is 4.36. The van der Waals surface area contributed by atoms with E-state index in [2.05, 4.69) is 54.4 Å². The smallest absolute Gasteiger partial charge is 0.228 e. The summed E-state index contributed by atoms with van der Waals surface area (Å²) in [4.78, 5) is 14.8. The zero-order chi connectivity index (χ0) is 19.5. The van der Waals surface area contributed by atoms with Gasteiger partial charge >= 0.3 is 0 Å². The number of benzene rings is 2. The highest BCUT2D eigenvalue weighted by Crippen LogP contribution is 2.24. The molecule has 1 amide bonds. The molecule has 0 saturated carbocycles. The van der Waals surface area contributed by atoms with Gasteiger partial charge in [0.1, 0.15) is 0 Å². The monoisotopic (exact) mass is 378 g/mol. The van der Waals surface area contributed by atoms with Crippen molar-refractivity contribution in [3.05, 3.63) is 59.2 Å². The van der Waals surface area contributed by atoms with Crippen molar-refractivity contribution in [3.63, 3.8) is 0 Å². The standard InChI is InChI=1S/C24H30N2O2/c1-17-15-26(16-18(2)28-17)23-11-9-22(10-12-23)25-24(27)14-19-7-8-20-5-3-4-6-21(20)13-19/h7-13,17-18H,3-6,14-16H2,1-2H3,(H,25,27). The van der Waals surface area contributed by atoms with Crippen molar-refractivity contribution in [2.75, 3.05) is 23.3 Å². The van der Waals surface area contributed by atoms with E-state index in [4.69, 9.17) is 4.74 Å². The number of carbonyl (C=O) groups is 1. The summed E-state index contributed by atoms with van der Waals surface area (Å²) in [6.07, 6.45) is 5.76.